The topological polar surface area (TPSA) is 30.1 Å². The molecule has 4 heteroatoms. The summed E-state index contributed by atoms with van der Waals surface area (Å²) in [5, 5.41) is 12.6. The molecule has 0 amide bonds. The fraction of sp³-hybridized carbons (Fsp3) is 0.231. The molecule has 7 aromatic carbocycles. The van der Waals surface area contributed by atoms with Gasteiger partial charge in [-0.25, -0.2) is 0 Å². The first kappa shape index (κ1) is 33.6. The Bertz CT molecular complexity index is 3110. The van der Waals surface area contributed by atoms with Crippen LogP contribution in [0.1, 0.15) is 78.0 Å². The maximum atomic E-state index is 7.09. The third kappa shape index (κ3) is 4.71. The number of benzene rings is 7. The molecule has 0 unspecified atom stereocenters. The van der Waals surface area contributed by atoms with Crippen LogP contribution in [-0.4, -0.2) is 11.8 Å². The molecule has 2 aliphatic rings. The van der Waals surface area contributed by atoms with Crippen LogP contribution in [0.4, 0.5) is 11.4 Å². The molecule has 3 heterocycles. The van der Waals surface area contributed by atoms with E-state index >= 15 is 0 Å². The average Bonchev–Trinajstić information content (AvgIpc) is 3.73. The summed E-state index contributed by atoms with van der Waals surface area (Å²) in [7, 11) is 2.35. The van der Waals surface area contributed by atoms with Gasteiger partial charge in [0.25, 0.3) is 0 Å². The molecule has 0 atom stereocenters. The molecule has 11 rings (SSSR count). The third-order valence-electron chi connectivity index (χ3n) is 13.2. The second-order valence-electron chi connectivity index (χ2n) is 18.7. The first-order valence-electron chi connectivity index (χ1n) is 20.2. The lowest BCUT2D eigenvalue weighted by Gasteiger charge is -2.41. The molecule has 0 fully saturated rings. The molecule has 0 saturated heterocycles. The Morgan fingerprint density at radius 3 is 2.07 bits per heavy atom. The Morgan fingerprint density at radius 2 is 1.32 bits per heavy atom. The zero-order chi connectivity index (χ0) is 38.3. The summed E-state index contributed by atoms with van der Waals surface area (Å²) in [4.78, 5) is 0. The van der Waals surface area contributed by atoms with Gasteiger partial charge in [-0.2, -0.15) is 0 Å². The van der Waals surface area contributed by atoms with Gasteiger partial charge in [-0.05, 0) is 115 Å². The Balaban J connectivity index is 1.25. The van der Waals surface area contributed by atoms with Crippen LogP contribution in [0.2, 0.25) is 0 Å². The summed E-state index contributed by atoms with van der Waals surface area (Å²) >= 11 is 0. The Kier molecular flexibility index (Phi) is 6.85. The molecular formula is C52H46BN2O. The fourth-order valence-corrected chi connectivity index (χ4v) is 10.1. The van der Waals surface area contributed by atoms with Crippen molar-refractivity contribution in [1.29, 1.82) is 0 Å². The van der Waals surface area contributed by atoms with E-state index in [9.17, 15) is 0 Å². The number of nitrogens with zero attached hydrogens (tertiary/aromatic N) is 1. The first-order valence-corrected chi connectivity index (χ1v) is 20.2. The highest BCUT2D eigenvalue weighted by molar-refractivity contribution is 6.74. The molecule has 1 aliphatic carbocycles. The summed E-state index contributed by atoms with van der Waals surface area (Å²) in [6.45, 7) is 16.4. The van der Waals surface area contributed by atoms with Crippen molar-refractivity contribution in [2.24, 2.45) is 0 Å². The van der Waals surface area contributed by atoms with Crippen LogP contribution < -0.4 is 16.4 Å². The van der Waals surface area contributed by atoms with Crippen LogP contribution >= 0.6 is 0 Å². The molecule has 9 aromatic rings. The van der Waals surface area contributed by atoms with Crippen molar-refractivity contribution < 1.29 is 4.42 Å². The zero-order valence-electron chi connectivity index (χ0n) is 33.4. The van der Waals surface area contributed by atoms with E-state index in [4.69, 9.17) is 4.42 Å². The monoisotopic (exact) mass is 725 g/mol. The van der Waals surface area contributed by atoms with E-state index in [0.29, 0.717) is 0 Å². The quantitative estimate of drug-likeness (QED) is 0.184. The van der Waals surface area contributed by atoms with E-state index in [1.165, 1.54) is 82.9 Å². The first-order chi connectivity index (χ1) is 26.9. The van der Waals surface area contributed by atoms with Gasteiger partial charge in [-0.1, -0.05) is 133 Å². The normalized spacial score (nSPS) is 15.7. The highest BCUT2D eigenvalue weighted by Crippen LogP contribution is 2.50. The predicted molar refractivity (Wildman–Crippen MR) is 240 cm³/mol. The number of nitrogens with one attached hydrogen (secondary N) is 1. The molecule has 2 aromatic heterocycles. The van der Waals surface area contributed by atoms with Gasteiger partial charge in [-0.3, -0.25) is 0 Å². The van der Waals surface area contributed by atoms with E-state index in [1.807, 2.05) is 0 Å². The zero-order valence-corrected chi connectivity index (χ0v) is 33.4. The maximum Gasteiger partial charge on any atom is 0.247 e. The van der Waals surface area contributed by atoms with E-state index in [1.54, 1.807) is 0 Å². The molecule has 1 aliphatic heterocycles. The lowest BCUT2D eigenvalue weighted by Crippen LogP contribution is -2.36. The van der Waals surface area contributed by atoms with Crippen LogP contribution in [0.15, 0.2) is 126 Å². The number of hydrogen-bond donors (Lipinski definition) is 1. The number of furan rings is 1. The van der Waals surface area contributed by atoms with E-state index in [-0.39, 0.29) is 16.2 Å². The Morgan fingerprint density at radius 1 is 0.661 bits per heavy atom. The predicted octanol–water partition coefficient (Wildman–Crippen LogP) is 12.9. The summed E-state index contributed by atoms with van der Waals surface area (Å²) in [6, 6.07) is 45.1. The van der Waals surface area contributed by atoms with Crippen molar-refractivity contribution in [2.75, 3.05) is 5.32 Å². The molecule has 0 spiro atoms. The smallest absolute Gasteiger partial charge is 0.247 e. The highest BCUT2D eigenvalue weighted by atomic mass is 16.3. The van der Waals surface area contributed by atoms with Crippen LogP contribution in [-0.2, 0) is 16.2 Å². The number of anilines is 2. The van der Waals surface area contributed by atoms with E-state index < -0.39 is 0 Å². The summed E-state index contributed by atoms with van der Waals surface area (Å²) in [5.74, 6) is 0. The highest BCUT2D eigenvalue weighted by Gasteiger charge is 2.39. The van der Waals surface area contributed by atoms with Gasteiger partial charge in [-0.15, -0.1) is 0 Å². The molecule has 273 valence electrons. The largest absolute Gasteiger partial charge is 0.469 e. The van der Waals surface area contributed by atoms with Gasteiger partial charge in [0.2, 0.25) is 7.28 Å². The molecule has 1 N–H and O–H groups in total. The number of rotatable bonds is 3. The second-order valence-corrected chi connectivity index (χ2v) is 18.7. The summed E-state index contributed by atoms with van der Waals surface area (Å²) < 4.78 is 9.64. The Hall–Kier alpha value is -5.74. The lowest BCUT2D eigenvalue weighted by molar-refractivity contribution is 0.332. The average molecular weight is 726 g/mol. The maximum absolute atomic E-state index is 7.09. The van der Waals surface area contributed by atoms with E-state index in [2.05, 4.69) is 187 Å². The van der Waals surface area contributed by atoms with Gasteiger partial charge in [0.1, 0.15) is 5.58 Å². The standard InChI is InChI=1S/C52H46BN2O/c1-50(2,3)31-21-23-32(24-22-31)54-40-19-13-12-18-36(40)43-34-16-10-11-17-35(34)45-44-33-15-9-8-14-30(33)20-25-41(44)55-47-37-28-38-39(52(6,7)27-26-51(38,4)5)29-42(37)56-49(47)53-46(43)48(45)55/h8-25,28-29,54H,26-27H2,1-7H3. The van der Waals surface area contributed by atoms with Gasteiger partial charge >= 0.3 is 0 Å². The number of aromatic nitrogens is 1. The molecule has 56 heavy (non-hydrogen) atoms. The van der Waals surface area contributed by atoms with Crippen molar-refractivity contribution in [1.82, 2.24) is 4.57 Å². The minimum Gasteiger partial charge on any atom is -0.469 e. The van der Waals surface area contributed by atoms with Crippen LogP contribution in [0.25, 0.3) is 71.1 Å². The van der Waals surface area contributed by atoms with Crippen molar-refractivity contribution in [2.45, 2.75) is 77.6 Å². The van der Waals surface area contributed by atoms with Crippen LogP contribution in [0.5, 0.6) is 0 Å². The lowest BCUT2D eigenvalue weighted by atomic mass is 9.61. The SMILES string of the molecule is CC(C)(C)c1ccc(Nc2ccccc2-c2c3c4c(c5ccccc25)c2c5ccccc5ccc2n4-c2c(oc4cc5c(cc24)C(C)(C)CCC5(C)C)[B]3)cc1. The van der Waals surface area contributed by atoms with Crippen LogP contribution in [0.3, 0.4) is 0 Å². The number of fused-ring (bicyclic) bond motifs is 12. The fourth-order valence-electron chi connectivity index (χ4n) is 10.1. The van der Waals surface area contributed by atoms with Gasteiger partial charge in [0.05, 0.1) is 16.9 Å². The summed E-state index contributed by atoms with van der Waals surface area (Å²) in [5.41, 5.74) is 15.6. The van der Waals surface area contributed by atoms with Crippen molar-refractivity contribution in [3.8, 4) is 16.8 Å². The van der Waals surface area contributed by atoms with Crippen molar-refractivity contribution in [3.63, 3.8) is 0 Å². The van der Waals surface area contributed by atoms with Gasteiger partial charge in [0, 0.05) is 38.6 Å². The van der Waals surface area contributed by atoms with Gasteiger partial charge in [0.15, 0.2) is 0 Å². The third-order valence-corrected chi connectivity index (χ3v) is 13.2. The molecule has 3 nitrogen and oxygen atoms in total. The number of hydrogen-bond acceptors (Lipinski definition) is 2. The molecule has 0 bridgehead atoms. The van der Waals surface area contributed by atoms with Crippen molar-refractivity contribution >= 4 is 84.1 Å². The second kappa shape index (κ2) is 11.4. The minimum atomic E-state index is 0.0803. The molecule has 1 radical (unpaired) electrons. The molecular weight excluding hydrogens is 679 g/mol. The van der Waals surface area contributed by atoms with E-state index in [0.717, 1.165) is 40.3 Å². The van der Waals surface area contributed by atoms with Gasteiger partial charge < -0.3 is 14.3 Å². The molecule has 0 saturated carbocycles. The summed E-state index contributed by atoms with van der Waals surface area (Å²) in [6.07, 6.45) is 2.33. The van der Waals surface area contributed by atoms with Crippen LogP contribution in [0, 0.1) is 0 Å². The van der Waals surface area contributed by atoms with Crippen molar-refractivity contribution in [3.05, 3.63) is 138 Å². The number of para-hydroxylation sites is 1. The Labute approximate surface area is 329 Å². The minimum absolute atomic E-state index is 0.0803.